The predicted octanol–water partition coefficient (Wildman–Crippen LogP) is 1.04. The molecule has 0 saturated carbocycles. The maximum atomic E-state index is 8.49. The third-order valence-corrected chi connectivity index (χ3v) is 2.49. The molecule has 0 spiro atoms. The molecule has 1 heterocycles. The van der Waals surface area contributed by atoms with E-state index in [2.05, 4.69) is 9.97 Å². The average molecular weight is 208 g/mol. The lowest BCUT2D eigenvalue weighted by Gasteiger charge is -2.03. The van der Waals surface area contributed by atoms with E-state index in [1.807, 2.05) is 26.0 Å². The Kier molecular flexibility index (Phi) is 3.86. The summed E-state index contributed by atoms with van der Waals surface area (Å²) >= 11 is 1.41. The number of rotatable bonds is 3. The highest BCUT2D eigenvalue weighted by Crippen LogP contribution is 2.14. The van der Waals surface area contributed by atoms with E-state index in [4.69, 9.17) is 11.0 Å². The minimum Gasteiger partial charge on any atom is -0.315 e. The fourth-order valence-electron chi connectivity index (χ4n) is 0.960. The van der Waals surface area contributed by atoms with E-state index in [0.29, 0.717) is 10.9 Å². The van der Waals surface area contributed by atoms with E-state index in [1.165, 1.54) is 11.8 Å². The fraction of sp³-hybridized carbons (Fsp3) is 0.444. The van der Waals surface area contributed by atoms with Crippen LogP contribution in [0, 0.1) is 25.2 Å². The molecule has 1 rings (SSSR count). The Morgan fingerprint density at radius 3 is 2.57 bits per heavy atom. The van der Waals surface area contributed by atoms with E-state index in [0.717, 1.165) is 11.4 Å². The van der Waals surface area contributed by atoms with Crippen LogP contribution < -0.4 is 5.73 Å². The van der Waals surface area contributed by atoms with Crippen molar-refractivity contribution in [2.24, 2.45) is 5.73 Å². The van der Waals surface area contributed by atoms with Crippen molar-refractivity contribution in [3.8, 4) is 6.07 Å². The minimum absolute atomic E-state index is 0.454. The van der Waals surface area contributed by atoms with Gasteiger partial charge >= 0.3 is 0 Å². The first-order valence-corrected chi connectivity index (χ1v) is 5.20. The second-order valence-electron chi connectivity index (χ2n) is 2.98. The van der Waals surface area contributed by atoms with Gasteiger partial charge in [-0.25, -0.2) is 9.97 Å². The summed E-state index contributed by atoms with van der Waals surface area (Å²) in [6.45, 7) is 3.84. The molecular weight excluding hydrogens is 196 g/mol. The summed E-state index contributed by atoms with van der Waals surface area (Å²) in [5, 5.41) is 9.18. The van der Waals surface area contributed by atoms with Gasteiger partial charge in [-0.1, -0.05) is 11.8 Å². The van der Waals surface area contributed by atoms with E-state index in [9.17, 15) is 0 Å². The molecule has 0 amide bonds. The largest absolute Gasteiger partial charge is 0.315 e. The van der Waals surface area contributed by atoms with E-state index < -0.39 is 6.04 Å². The number of nitriles is 1. The van der Waals surface area contributed by atoms with Crippen molar-refractivity contribution in [2.75, 3.05) is 5.75 Å². The molecule has 0 saturated heterocycles. The summed E-state index contributed by atoms with van der Waals surface area (Å²) in [4.78, 5) is 8.45. The number of nitrogens with zero attached hydrogens (tertiary/aromatic N) is 3. The highest BCUT2D eigenvalue weighted by atomic mass is 32.2. The second kappa shape index (κ2) is 4.94. The van der Waals surface area contributed by atoms with Gasteiger partial charge < -0.3 is 5.73 Å². The molecule has 1 aromatic rings. The molecule has 0 aliphatic carbocycles. The Balaban J connectivity index is 2.64. The first-order valence-electron chi connectivity index (χ1n) is 4.22. The minimum atomic E-state index is -0.454. The maximum absolute atomic E-state index is 8.49. The standard InChI is InChI=1S/C9H12N4S/c1-6-3-7(2)13-9(12-6)14-5-8(11)4-10/h3,8H,5,11H2,1-2H3. The van der Waals surface area contributed by atoms with Crippen LogP contribution in [0.1, 0.15) is 11.4 Å². The Bertz CT molecular complexity index is 338. The topological polar surface area (TPSA) is 75.6 Å². The molecule has 0 aliphatic rings. The van der Waals surface area contributed by atoms with Gasteiger partial charge in [-0.15, -0.1) is 0 Å². The number of thioether (sulfide) groups is 1. The zero-order valence-corrected chi connectivity index (χ0v) is 9.01. The zero-order valence-electron chi connectivity index (χ0n) is 8.19. The number of hydrogen-bond donors (Lipinski definition) is 1. The van der Waals surface area contributed by atoms with Gasteiger partial charge in [0.15, 0.2) is 5.16 Å². The average Bonchev–Trinajstić information content (AvgIpc) is 2.12. The molecular formula is C9H12N4S. The second-order valence-corrected chi connectivity index (χ2v) is 3.97. The molecule has 0 bridgehead atoms. The molecule has 0 aromatic carbocycles. The smallest absolute Gasteiger partial charge is 0.188 e. The van der Waals surface area contributed by atoms with Crippen LogP contribution in [0.2, 0.25) is 0 Å². The van der Waals surface area contributed by atoms with Crippen LogP contribution in [0.5, 0.6) is 0 Å². The van der Waals surface area contributed by atoms with Crippen molar-refractivity contribution in [1.29, 1.82) is 5.26 Å². The molecule has 74 valence electrons. The van der Waals surface area contributed by atoms with Gasteiger partial charge in [0.05, 0.1) is 6.07 Å². The molecule has 0 radical (unpaired) electrons. The monoisotopic (exact) mass is 208 g/mol. The molecule has 0 fully saturated rings. The Morgan fingerprint density at radius 2 is 2.07 bits per heavy atom. The maximum Gasteiger partial charge on any atom is 0.188 e. The van der Waals surface area contributed by atoms with E-state index in [-0.39, 0.29) is 0 Å². The summed E-state index contributed by atoms with van der Waals surface area (Å²) in [7, 11) is 0. The van der Waals surface area contributed by atoms with Crippen LogP contribution in [0.15, 0.2) is 11.2 Å². The van der Waals surface area contributed by atoms with Crippen molar-refractivity contribution in [1.82, 2.24) is 9.97 Å². The molecule has 0 aliphatic heterocycles. The third-order valence-electron chi connectivity index (χ3n) is 1.52. The normalized spacial score (nSPS) is 12.1. The lowest BCUT2D eigenvalue weighted by Crippen LogP contribution is -2.20. The first kappa shape index (κ1) is 11.0. The lowest BCUT2D eigenvalue weighted by molar-refractivity contribution is 0.891. The molecule has 1 atom stereocenters. The van der Waals surface area contributed by atoms with Crippen LogP contribution in [-0.2, 0) is 0 Å². The Labute approximate surface area is 87.6 Å². The highest BCUT2D eigenvalue weighted by molar-refractivity contribution is 7.99. The van der Waals surface area contributed by atoms with Crippen molar-refractivity contribution in [3.05, 3.63) is 17.5 Å². The lowest BCUT2D eigenvalue weighted by atomic mass is 10.4. The van der Waals surface area contributed by atoms with E-state index >= 15 is 0 Å². The third kappa shape index (κ3) is 3.32. The summed E-state index contributed by atoms with van der Waals surface area (Å²) in [5.41, 5.74) is 7.33. The quantitative estimate of drug-likeness (QED) is 0.593. The Hall–Kier alpha value is -1.12. The zero-order chi connectivity index (χ0) is 10.6. The van der Waals surface area contributed by atoms with Crippen molar-refractivity contribution < 1.29 is 0 Å². The molecule has 4 nitrogen and oxygen atoms in total. The summed E-state index contributed by atoms with van der Waals surface area (Å²) < 4.78 is 0. The van der Waals surface area contributed by atoms with Gasteiger partial charge in [0.2, 0.25) is 0 Å². The van der Waals surface area contributed by atoms with Gasteiger partial charge in [0, 0.05) is 17.1 Å². The summed E-state index contributed by atoms with van der Waals surface area (Å²) in [6, 6.07) is 3.42. The number of nitrogens with two attached hydrogens (primary N) is 1. The molecule has 14 heavy (non-hydrogen) atoms. The van der Waals surface area contributed by atoms with Gasteiger partial charge in [-0.05, 0) is 19.9 Å². The van der Waals surface area contributed by atoms with Crippen LogP contribution in [0.4, 0.5) is 0 Å². The Morgan fingerprint density at radius 1 is 1.50 bits per heavy atom. The highest BCUT2D eigenvalue weighted by Gasteiger charge is 2.04. The van der Waals surface area contributed by atoms with E-state index in [1.54, 1.807) is 0 Å². The van der Waals surface area contributed by atoms with Gasteiger partial charge in [0.1, 0.15) is 6.04 Å². The molecule has 1 aromatic heterocycles. The molecule has 2 N–H and O–H groups in total. The summed E-state index contributed by atoms with van der Waals surface area (Å²) in [5.74, 6) is 0.527. The van der Waals surface area contributed by atoms with Gasteiger partial charge in [-0.2, -0.15) is 5.26 Å². The van der Waals surface area contributed by atoms with Crippen LogP contribution in [0.25, 0.3) is 0 Å². The number of hydrogen-bond acceptors (Lipinski definition) is 5. The first-order chi connectivity index (χ1) is 6.61. The fourth-order valence-corrected chi connectivity index (χ4v) is 1.78. The predicted molar refractivity (Wildman–Crippen MR) is 55.8 cm³/mol. The number of aromatic nitrogens is 2. The SMILES string of the molecule is Cc1cc(C)nc(SCC(N)C#N)n1. The molecule has 1 unspecified atom stereocenters. The van der Waals surface area contributed by atoms with Crippen molar-refractivity contribution in [3.63, 3.8) is 0 Å². The van der Waals surface area contributed by atoms with Gasteiger partial charge in [0.25, 0.3) is 0 Å². The van der Waals surface area contributed by atoms with Crippen molar-refractivity contribution in [2.45, 2.75) is 25.0 Å². The van der Waals surface area contributed by atoms with Crippen LogP contribution in [0.3, 0.4) is 0 Å². The number of aryl methyl sites for hydroxylation is 2. The van der Waals surface area contributed by atoms with Crippen LogP contribution in [-0.4, -0.2) is 21.8 Å². The van der Waals surface area contributed by atoms with Crippen LogP contribution >= 0.6 is 11.8 Å². The van der Waals surface area contributed by atoms with Crippen molar-refractivity contribution >= 4 is 11.8 Å². The van der Waals surface area contributed by atoms with Gasteiger partial charge in [-0.3, -0.25) is 0 Å². The summed E-state index contributed by atoms with van der Waals surface area (Å²) in [6.07, 6.45) is 0. The molecule has 5 heteroatoms.